The predicted molar refractivity (Wildman–Crippen MR) is 107 cm³/mol. The molecule has 0 aliphatic carbocycles. The summed E-state index contributed by atoms with van der Waals surface area (Å²) < 4.78 is 0. The summed E-state index contributed by atoms with van der Waals surface area (Å²) in [6.45, 7) is 4.31. The Balaban J connectivity index is 1.56. The number of rotatable bonds is 2. The number of benzene rings is 1. The zero-order valence-corrected chi connectivity index (χ0v) is 15.6. The number of nitrogens with one attached hydrogen (secondary N) is 1. The van der Waals surface area contributed by atoms with Crippen LogP contribution in [0.1, 0.15) is 12.8 Å². The summed E-state index contributed by atoms with van der Waals surface area (Å²) in [4.78, 5) is 29.7. The van der Waals surface area contributed by atoms with Gasteiger partial charge in [-0.05, 0) is 31.0 Å². The first-order valence-corrected chi connectivity index (χ1v) is 9.70. The molecule has 3 aromatic rings. The van der Waals surface area contributed by atoms with Crippen LogP contribution in [0.2, 0.25) is 5.02 Å². The quantitative estimate of drug-likeness (QED) is 0.739. The van der Waals surface area contributed by atoms with Gasteiger partial charge in [-0.1, -0.05) is 23.7 Å². The van der Waals surface area contributed by atoms with Crippen molar-refractivity contribution in [1.82, 2.24) is 19.9 Å². The lowest BCUT2D eigenvalue weighted by atomic mass is 10.1. The summed E-state index contributed by atoms with van der Waals surface area (Å²) in [6, 6.07) is 9.69. The van der Waals surface area contributed by atoms with Gasteiger partial charge in [0, 0.05) is 42.8 Å². The number of halogens is 1. The molecule has 0 saturated carbocycles. The SMILES string of the molecule is O=c1[nH]c(-c2cccc(Cl)c2)nc2cnc(N3CCN4CCC3CC4)cc12. The minimum absolute atomic E-state index is 0.151. The van der Waals surface area contributed by atoms with Crippen LogP contribution in [-0.4, -0.2) is 52.1 Å². The van der Waals surface area contributed by atoms with Gasteiger partial charge in [0.05, 0.1) is 17.1 Å². The number of nitrogens with zero attached hydrogens (tertiary/aromatic N) is 4. The van der Waals surface area contributed by atoms with E-state index in [9.17, 15) is 4.79 Å². The minimum Gasteiger partial charge on any atom is -0.352 e. The van der Waals surface area contributed by atoms with Crippen molar-refractivity contribution in [2.45, 2.75) is 18.9 Å². The molecule has 6 nitrogen and oxygen atoms in total. The van der Waals surface area contributed by atoms with Crippen molar-refractivity contribution < 1.29 is 0 Å². The molecule has 0 atom stereocenters. The summed E-state index contributed by atoms with van der Waals surface area (Å²) in [5.74, 6) is 1.38. The normalized spacial score (nSPS) is 22.2. The largest absolute Gasteiger partial charge is 0.352 e. The lowest BCUT2D eigenvalue weighted by molar-refractivity contribution is 0.250. The van der Waals surface area contributed by atoms with Gasteiger partial charge < -0.3 is 14.8 Å². The number of aromatic nitrogens is 3. The van der Waals surface area contributed by atoms with Gasteiger partial charge in [-0.15, -0.1) is 0 Å². The molecule has 7 heteroatoms. The Labute approximate surface area is 161 Å². The maximum Gasteiger partial charge on any atom is 0.259 e. The van der Waals surface area contributed by atoms with Gasteiger partial charge in [0.25, 0.3) is 5.56 Å². The number of anilines is 1. The Bertz CT molecular complexity index is 1060. The third-order valence-corrected chi connectivity index (χ3v) is 5.86. The highest BCUT2D eigenvalue weighted by molar-refractivity contribution is 6.30. The van der Waals surface area contributed by atoms with Crippen LogP contribution in [0, 0.1) is 0 Å². The molecule has 0 amide bonds. The highest BCUT2D eigenvalue weighted by Crippen LogP contribution is 2.27. The molecule has 2 aromatic heterocycles. The molecule has 2 bridgehead atoms. The Morgan fingerprint density at radius 1 is 1.11 bits per heavy atom. The molecular weight excluding hydrogens is 362 g/mol. The molecule has 0 spiro atoms. The standard InChI is InChI=1S/C20H20ClN5O/c21-14-3-1-2-13(10-14)19-23-17-12-22-18(11-16(17)20(27)24-19)26-9-8-25-6-4-15(26)5-7-25/h1-3,10-12,15H,4-9H2,(H,23,24,27). The van der Waals surface area contributed by atoms with Gasteiger partial charge in [-0.2, -0.15) is 0 Å². The molecule has 138 valence electrons. The molecule has 3 aliphatic heterocycles. The summed E-state index contributed by atoms with van der Waals surface area (Å²) in [5, 5.41) is 1.18. The molecule has 0 radical (unpaired) electrons. The molecule has 3 aliphatic rings. The van der Waals surface area contributed by atoms with Gasteiger partial charge >= 0.3 is 0 Å². The zero-order chi connectivity index (χ0) is 18.4. The Kier molecular flexibility index (Phi) is 4.10. The monoisotopic (exact) mass is 381 g/mol. The minimum atomic E-state index is -0.151. The van der Waals surface area contributed by atoms with Crippen LogP contribution in [0.5, 0.6) is 0 Å². The van der Waals surface area contributed by atoms with Crippen molar-refractivity contribution in [1.29, 1.82) is 0 Å². The lowest BCUT2D eigenvalue weighted by Crippen LogP contribution is -2.38. The van der Waals surface area contributed by atoms with Gasteiger partial charge in [-0.25, -0.2) is 9.97 Å². The van der Waals surface area contributed by atoms with Gasteiger partial charge in [0.15, 0.2) is 0 Å². The molecule has 1 N–H and O–H groups in total. The summed E-state index contributed by atoms with van der Waals surface area (Å²) in [6.07, 6.45) is 4.02. The number of hydrogen-bond donors (Lipinski definition) is 1. The smallest absolute Gasteiger partial charge is 0.259 e. The van der Waals surface area contributed by atoms with Crippen molar-refractivity contribution in [2.24, 2.45) is 0 Å². The van der Waals surface area contributed by atoms with Crippen molar-refractivity contribution in [3.63, 3.8) is 0 Å². The van der Waals surface area contributed by atoms with E-state index in [2.05, 4.69) is 24.8 Å². The van der Waals surface area contributed by atoms with E-state index in [1.165, 1.54) is 0 Å². The first-order chi connectivity index (χ1) is 13.2. The molecule has 3 saturated heterocycles. The van der Waals surface area contributed by atoms with Crippen LogP contribution in [-0.2, 0) is 0 Å². The number of piperidine rings is 1. The van der Waals surface area contributed by atoms with E-state index in [1.54, 1.807) is 18.3 Å². The average Bonchev–Trinajstić information content (AvgIpc) is 3.02. The fourth-order valence-electron chi connectivity index (χ4n) is 4.15. The Morgan fingerprint density at radius 3 is 2.78 bits per heavy atom. The van der Waals surface area contributed by atoms with Crippen molar-refractivity contribution in [2.75, 3.05) is 31.1 Å². The maximum atomic E-state index is 12.7. The van der Waals surface area contributed by atoms with Crippen LogP contribution in [0.15, 0.2) is 41.3 Å². The van der Waals surface area contributed by atoms with Crippen LogP contribution in [0.4, 0.5) is 5.82 Å². The second-order valence-corrected chi connectivity index (χ2v) is 7.69. The first-order valence-electron chi connectivity index (χ1n) is 9.32. The van der Waals surface area contributed by atoms with Crippen molar-refractivity contribution in [3.05, 3.63) is 51.9 Å². The van der Waals surface area contributed by atoms with Crippen LogP contribution in [0.3, 0.4) is 0 Å². The van der Waals surface area contributed by atoms with E-state index in [0.717, 1.165) is 50.4 Å². The predicted octanol–water partition coefficient (Wildman–Crippen LogP) is 2.92. The summed E-state index contributed by atoms with van der Waals surface area (Å²) in [7, 11) is 0. The van der Waals surface area contributed by atoms with E-state index < -0.39 is 0 Å². The van der Waals surface area contributed by atoms with Crippen molar-refractivity contribution in [3.8, 4) is 11.4 Å². The number of aromatic amines is 1. The fraction of sp³-hybridized carbons (Fsp3) is 0.350. The maximum absolute atomic E-state index is 12.7. The molecule has 1 aromatic carbocycles. The number of hydrogen-bond acceptors (Lipinski definition) is 5. The third-order valence-electron chi connectivity index (χ3n) is 5.62. The second kappa shape index (κ2) is 6.62. The molecule has 5 heterocycles. The first kappa shape index (κ1) is 16.7. The average molecular weight is 382 g/mol. The molecule has 3 fully saturated rings. The van der Waals surface area contributed by atoms with Crippen LogP contribution < -0.4 is 10.5 Å². The zero-order valence-electron chi connectivity index (χ0n) is 14.9. The third kappa shape index (κ3) is 3.09. The Hall–Kier alpha value is -2.44. The van der Waals surface area contributed by atoms with Crippen molar-refractivity contribution >= 4 is 28.3 Å². The van der Waals surface area contributed by atoms with E-state index in [1.807, 2.05) is 18.2 Å². The van der Waals surface area contributed by atoms with Crippen LogP contribution >= 0.6 is 11.6 Å². The number of H-pyrrole nitrogens is 1. The molecule has 27 heavy (non-hydrogen) atoms. The summed E-state index contributed by atoms with van der Waals surface area (Å²) in [5.41, 5.74) is 1.23. The van der Waals surface area contributed by atoms with Gasteiger partial charge in [0.2, 0.25) is 0 Å². The highest BCUT2D eigenvalue weighted by atomic mass is 35.5. The molecule has 0 unspecified atom stereocenters. The number of fused-ring (bicyclic) bond motifs is 5. The lowest BCUT2D eigenvalue weighted by Gasteiger charge is -2.32. The van der Waals surface area contributed by atoms with Gasteiger partial charge in [-0.3, -0.25) is 4.79 Å². The summed E-state index contributed by atoms with van der Waals surface area (Å²) >= 11 is 6.06. The van der Waals surface area contributed by atoms with Gasteiger partial charge in [0.1, 0.15) is 11.6 Å². The highest BCUT2D eigenvalue weighted by Gasteiger charge is 2.29. The van der Waals surface area contributed by atoms with Crippen LogP contribution in [0.25, 0.3) is 22.3 Å². The van der Waals surface area contributed by atoms with E-state index in [4.69, 9.17) is 11.6 Å². The molecular formula is C20H20ClN5O. The fourth-order valence-corrected chi connectivity index (χ4v) is 4.34. The topological polar surface area (TPSA) is 65.1 Å². The number of pyridine rings is 1. The van der Waals surface area contributed by atoms with E-state index in [0.29, 0.717) is 27.8 Å². The van der Waals surface area contributed by atoms with E-state index in [-0.39, 0.29) is 5.56 Å². The second-order valence-electron chi connectivity index (χ2n) is 7.25. The Morgan fingerprint density at radius 2 is 1.96 bits per heavy atom. The van der Waals surface area contributed by atoms with E-state index >= 15 is 0 Å². The molecule has 6 rings (SSSR count).